The van der Waals surface area contributed by atoms with E-state index < -0.39 is 5.41 Å². The number of esters is 1. The first-order chi connectivity index (χ1) is 8.16. The van der Waals surface area contributed by atoms with Crippen molar-refractivity contribution in [2.45, 2.75) is 25.4 Å². The van der Waals surface area contributed by atoms with Gasteiger partial charge in [-0.25, -0.2) is 0 Å². The van der Waals surface area contributed by atoms with Crippen LogP contribution in [0.25, 0.3) is 0 Å². The third-order valence-electron chi connectivity index (χ3n) is 3.51. The number of cyclic esters (lactones) is 1. The molecular weight excluding hydrogens is 349 g/mol. The van der Waals surface area contributed by atoms with E-state index >= 15 is 0 Å². The Morgan fingerprint density at radius 2 is 2.39 bits per heavy atom. The Balaban J connectivity index is 0.00000162. The number of ether oxygens (including phenoxy) is 2. The zero-order valence-electron chi connectivity index (χ0n) is 10.5. The zero-order chi connectivity index (χ0) is 12.3. The molecular formula is C11H20IN3O3. The van der Waals surface area contributed by atoms with Crippen molar-refractivity contribution in [1.29, 1.82) is 0 Å². The number of methoxy groups -OCH3 is 1. The second-order valence-electron chi connectivity index (χ2n) is 4.68. The third kappa shape index (κ3) is 3.25. The van der Waals surface area contributed by atoms with Gasteiger partial charge in [-0.05, 0) is 19.3 Å². The molecule has 2 rings (SSSR count). The molecule has 0 amide bonds. The van der Waals surface area contributed by atoms with Gasteiger partial charge in [0.2, 0.25) is 0 Å². The maximum Gasteiger partial charge on any atom is 0.315 e. The highest BCUT2D eigenvalue weighted by molar-refractivity contribution is 14.0. The Labute approximate surface area is 124 Å². The van der Waals surface area contributed by atoms with Gasteiger partial charge in [0.25, 0.3) is 0 Å². The number of carbonyl (C=O) groups excluding carboxylic acids is 1. The zero-order valence-corrected chi connectivity index (χ0v) is 12.8. The lowest BCUT2D eigenvalue weighted by Gasteiger charge is -2.35. The van der Waals surface area contributed by atoms with Crippen LogP contribution < -0.4 is 11.1 Å². The van der Waals surface area contributed by atoms with Crippen molar-refractivity contribution in [3.05, 3.63) is 0 Å². The maximum absolute atomic E-state index is 12.1. The SMILES string of the molecule is COC1CCCC2(CN=C(N)NC2)C(=O)OC1.I. The molecule has 0 aliphatic carbocycles. The normalized spacial score (nSPS) is 32.4. The van der Waals surface area contributed by atoms with Crippen molar-refractivity contribution < 1.29 is 14.3 Å². The number of halogens is 1. The monoisotopic (exact) mass is 369 g/mol. The molecule has 104 valence electrons. The van der Waals surface area contributed by atoms with Crippen LogP contribution in [-0.2, 0) is 14.3 Å². The number of rotatable bonds is 1. The fraction of sp³-hybridized carbons (Fsp3) is 0.818. The van der Waals surface area contributed by atoms with Crippen LogP contribution in [0.2, 0.25) is 0 Å². The van der Waals surface area contributed by atoms with E-state index in [4.69, 9.17) is 15.2 Å². The first-order valence-corrected chi connectivity index (χ1v) is 5.90. The van der Waals surface area contributed by atoms with Gasteiger partial charge in [-0.3, -0.25) is 9.79 Å². The van der Waals surface area contributed by atoms with E-state index in [1.807, 2.05) is 0 Å². The largest absolute Gasteiger partial charge is 0.462 e. The van der Waals surface area contributed by atoms with Crippen LogP contribution in [0.15, 0.2) is 4.99 Å². The molecule has 0 bridgehead atoms. The molecule has 1 saturated heterocycles. The number of nitrogens with zero attached hydrogens (tertiary/aromatic N) is 1. The lowest BCUT2D eigenvalue weighted by molar-refractivity contribution is -0.161. The van der Waals surface area contributed by atoms with Gasteiger partial charge in [-0.1, -0.05) is 0 Å². The molecule has 1 spiro atoms. The van der Waals surface area contributed by atoms with Crippen LogP contribution in [0.5, 0.6) is 0 Å². The van der Waals surface area contributed by atoms with E-state index in [0.29, 0.717) is 25.7 Å². The predicted octanol–water partition coefficient (Wildman–Crippen LogP) is 0.251. The van der Waals surface area contributed by atoms with E-state index in [-0.39, 0.29) is 36.0 Å². The molecule has 0 aromatic carbocycles. The van der Waals surface area contributed by atoms with Crippen LogP contribution in [0.1, 0.15) is 19.3 Å². The van der Waals surface area contributed by atoms with Gasteiger partial charge in [0.15, 0.2) is 5.96 Å². The van der Waals surface area contributed by atoms with E-state index in [9.17, 15) is 4.79 Å². The smallest absolute Gasteiger partial charge is 0.315 e. The highest BCUT2D eigenvalue weighted by Crippen LogP contribution is 2.30. The molecule has 1 fully saturated rings. The first kappa shape index (κ1) is 15.5. The second-order valence-corrected chi connectivity index (χ2v) is 4.68. The van der Waals surface area contributed by atoms with Crippen molar-refractivity contribution in [3.8, 4) is 0 Å². The second kappa shape index (κ2) is 6.55. The molecule has 0 saturated carbocycles. The number of nitrogens with one attached hydrogen (secondary N) is 1. The van der Waals surface area contributed by atoms with Crippen LogP contribution in [0.4, 0.5) is 0 Å². The number of aliphatic imine (C=N–C) groups is 1. The summed E-state index contributed by atoms with van der Waals surface area (Å²) in [5, 5.41) is 2.94. The summed E-state index contributed by atoms with van der Waals surface area (Å²) >= 11 is 0. The van der Waals surface area contributed by atoms with Crippen molar-refractivity contribution in [3.63, 3.8) is 0 Å². The molecule has 3 N–H and O–H groups in total. The fourth-order valence-electron chi connectivity index (χ4n) is 2.27. The Morgan fingerprint density at radius 1 is 1.61 bits per heavy atom. The number of nitrogens with two attached hydrogens (primary N) is 1. The highest BCUT2D eigenvalue weighted by Gasteiger charge is 2.42. The van der Waals surface area contributed by atoms with Gasteiger partial charge in [0, 0.05) is 13.7 Å². The van der Waals surface area contributed by atoms with Crippen molar-refractivity contribution >= 4 is 35.9 Å². The summed E-state index contributed by atoms with van der Waals surface area (Å²) < 4.78 is 10.5. The summed E-state index contributed by atoms with van der Waals surface area (Å²) in [5.74, 6) is 0.211. The van der Waals surface area contributed by atoms with Crippen molar-refractivity contribution in [1.82, 2.24) is 5.32 Å². The Hall–Kier alpha value is -0.570. The molecule has 2 aliphatic rings. The third-order valence-corrected chi connectivity index (χ3v) is 3.51. The molecule has 0 aromatic rings. The summed E-state index contributed by atoms with van der Waals surface area (Å²) in [6, 6.07) is 0. The average Bonchev–Trinajstić information content (AvgIpc) is 2.34. The molecule has 18 heavy (non-hydrogen) atoms. The van der Waals surface area contributed by atoms with Crippen LogP contribution in [0, 0.1) is 5.41 Å². The quantitative estimate of drug-likeness (QED) is 0.511. The van der Waals surface area contributed by atoms with E-state index in [0.717, 1.165) is 19.3 Å². The first-order valence-electron chi connectivity index (χ1n) is 5.90. The lowest BCUT2D eigenvalue weighted by atomic mass is 9.80. The minimum atomic E-state index is -0.540. The van der Waals surface area contributed by atoms with E-state index in [1.165, 1.54) is 0 Å². The highest BCUT2D eigenvalue weighted by atomic mass is 127. The van der Waals surface area contributed by atoms with Gasteiger partial charge < -0.3 is 20.5 Å². The number of carbonyl (C=O) groups is 1. The van der Waals surface area contributed by atoms with Crippen LogP contribution in [0.3, 0.4) is 0 Å². The van der Waals surface area contributed by atoms with Gasteiger partial charge in [-0.15, -0.1) is 24.0 Å². The molecule has 0 aromatic heterocycles. The van der Waals surface area contributed by atoms with Gasteiger partial charge in [0.05, 0.1) is 12.6 Å². The van der Waals surface area contributed by atoms with Crippen molar-refractivity contribution in [2.75, 3.05) is 26.8 Å². The average molecular weight is 369 g/mol. The van der Waals surface area contributed by atoms with Gasteiger partial charge >= 0.3 is 5.97 Å². The summed E-state index contributed by atoms with van der Waals surface area (Å²) in [6.07, 6.45) is 2.62. The summed E-state index contributed by atoms with van der Waals surface area (Å²) in [7, 11) is 1.64. The molecule has 2 unspecified atom stereocenters. The predicted molar refractivity (Wildman–Crippen MR) is 77.9 cm³/mol. The van der Waals surface area contributed by atoms with Gasteiger partial charge in [-0.2, -0.15) is 0 Å². The minimum absolute atomic E-state index is 0. The summed E-state index contributed by atoms with van der Waals surface area (Å²) in [5.41, 5.74) is 5.01. The standard InChI is InChI=1S/C11H19N3O3.HI/c1-16-8-3-2-4-11(9(15)17-5-8)6-13-10(12)14-7-11;/h8H,2-7H2,1H3,(H3,12,13,14);1H. The minimum Gasteiger partial charge on any atom is -0.462 e. The topological polar surface area (TPSA) is 85.9 Å². The lowest BCUT2D eigenvalue weighted by Crippen LogP contribution is -2.53. The van der Waals surface area contributed by atoms with E-state index in [1.54, 1.807) is 7.11 Å². The van der Waals surface area contributed by atoms with Crippen molar-refractivity contribution in [2.24, 2.45) is 16.1 Å². The molecule has 2 aliphatic heterocycles. The Kier molecular flexibility index (Phi) is 5.64. The van der Waals surface area contributed by atoms with Gasteiger partial charge in [0.1, 0.15) is 12.0 Å². The number of hydrogen-bond donors (Lipinski definition) is 2. The Morgan fingerprint density at radius 3 is 3.00 bits per heavy atom. The summed E-state index contributed by atoms with van der Waals surface area (Å²) in [6.45, 7) is 1.26. The molecule has 2 atom stereocenters. The fourth-order valence-corrected chi connectivity index (χ4v) is 2.27. The molecule has 6 nitrogen and oxygen atoms in total. The number of hydrogen-bond acceptors (Lipinski definition) is 6. The Bertz CT molecular complexity index is 337. The summed E-state index contributed by atoms with van der Waals surface area (Å²) in [4.78, 5) is 16.2. The number of guanidine groups is 1. The molecule has 0 radical (unpaired) electrons. The molecule has 2 heterocycles. The maximum atomic E-state index is 12.1. The molecule has 7 heteroatoms. The van der Waals surface area contributed by atoms with Crippen LogP contribution >= 0.6 is 24.0 Å². The van der Waals surface area contributed by atoms with E-state index in [2.05, 4.69) is 10.3 Å². The van der Waals surface area contributed by atoms with Crippen LogP contribution in [-0.4, -0.2) is 44.8 Å².